The number of carbonyl (C=O) groups is 1. The third-order valence-corrected chi connectivity index (χ3v) is 4.93. The van der Waals surface area contributed by atoms with Gasteiger partial charge in [0.15, 0.2) is 0 Å². The molecule has 1 amide bonds. The SMILES string of the molecule is CC(c1cccc(C(F)(F)F)c1)N(C(=O)CC1CCCN1)C1CC1.Cl. The van der Waals surface area contributed by atoms with Crippen LogP contribution in [-0.2, 0) is 11.0 Å². The van der Waals surface area contributed by atoms with E-state index in [0.29, 0.717) is 12.0 Å². The van der Waals surface area contributed by atoms with Crippen LogP contribution in [0.15, 0.2) is 24.3 Å². The van der Waals surface area contributed by atoms with Gasteiger partial charge < -0.3 is 10.2 Å². The number of rotatable bonds is 5. The molecule has 0 spiro atoms. The van der Waals surface area contributed by atoms with E-state index in [0.717, 1.165) is 38.3 Å². The Balaban J connectivity index is 0.00000225. The average Bonchev–Trinajstić information content (AvgIpc) is 3.22. The Morgan fingerprint density at radius 2 is 2.04 bits per heavy atom. The first-order chi connectivity index (χ1) is 11.4. The summed E-state index contributed by atoms with van der Waals surface area (Å²) in [6, 6.07) is 5.37. The van der Waals surface area contributed by atoms with Crippen molar-refractivity contribution in [2.75, 3.05) is 6.54 Å². The summed E-state index contributed by atoms with van der Waals surface area (Å²) >= 11 is 0. The van der Waals surface area contributed by atoms with Crippen molar-refractivity contribution in [1.82, 2.24) is 10.2 Å². The molecule has 0 bridgehead atoms. The Bertz CT molecular complexity index is 598. The molecule has 2 aliphatic rings. The fourth-order valence-corrected chi connectivity index (χ4v) is 3.47. The fourth-order valence-electron chi connectivity index (χ4n) is 3.47. The first kappa shape index (κ1) is 20.0. The first-order valence-corrected chi connectivity index (χ1v) is 8.58. The van der Waals surface area contributed by atoms with Gasteiger partial charge in [-0.15, -0.1) is 12.4 Å². The average molecular weight is 377 g/mol. The Morgan fingerprint density at radius 3 is 2.60 bits per heavy atom. The van der Waals surface area contributed by atoms with Gasteiger partial charge in [0, 0.05) is 18.5 Å². The van der Waals surface area contributed by atoms with Crippen LogP contribution in [0.5, 0.6) is 0 Å². The minimum absolute atomic E-state index is 0. The van der Waals surface area contributed by atoms with Crippen LogP contribution in [0.2, 0.25) is 0 Å². The summed E-state index contributed by atoms with van der Waals surface area (Å²) in [5.74, 6) is 0.0433. The Kier molecular flexibility index (Phi) is 6.38. The van der Waals surface area contributed by atoms with Gasteiger partial charge in [-0.1, -0.05) is 12.1 Å². The van der Waals surface area contributed by atoms with Crippen molar-refractivity contribution in [2.45, 2.75) is 63.3 Å². The third-order valence-electron chi connectivity index (χ3n) is 4.93. The number of benzene rings is 1. The van der Waals surface area contributed by atoms with Crippen LogP contribution >= 0.6 is 12.4 Å². The van der Waals surface area contributed by atoms with Crippen LogP contribution in [0.25, 0.3) is 0 Å². The molecule has 3 nitrogen and oxygen atoms in total. The molecule has 1 N–H and O–H groups in total. The van der Waals surface area contributed by atoms with E-state index in [1.54, 1.807) is 11.0 Å². The molecule has 3 rings (SSSR count). The maximum atomic E-state index is 12.9. The van der Waals surface area contributed by atoms with Gasteiger partial charge in [-0.05, 0) is 56.8 Å². The third kappa shape index (κ3) is 4.88. The summed E-state index contributed by atoms with van der Waals surface area (Å²) in [6.45, 7) is 2.76. The van der Waals surface area contributed by atoms with Gasteiger partial charge in [-0.3, -0.25) is 4.79 Å². The second-order valence-electron chi connectivity index (χ2n) is 6.83. The van der Waals surface area contributed by atoms with Gasteiger partial charge in [0.1, 0.15) is 0 Å². The lowest BCUT2D eigenvalue weighted by Gasteiger charge is -2.31. The number of hydrogen-bond acceptors (Lipinski definition) is 2. The summed E-state index contributed by atoms with van der Waals surface area (Å²) in [4.78, 5) is 14.5. The fraction of sp³-hybridized carbons (Fsp3) is 0.611. The van der Waals surface area contributed by atoms with E-state index in [9.17, 15) is 18.0 Å². The molecule has 1 saturated heterocycles. The van der Waals surface area contributed by atoms with E-state index >= 15 is 0 Å². The minimum Gasteiger partial charge on any atom is -0.333 e. The molecule has 1 aliphatic heterocycles. The summed E-state index contributed by atoms with van der Waals surface area (Å²) < 4.78 is 38.8. The standard InChI is InChI=1S/C18H23F3N2O.ClH/c1-12(13-4-2-5-14(10-13)18(19,20)21)23(16-7-8-16)17(24)11-15-6-3-9-22-15;/h2,4-5,10,12,15-16,22H,3,6-9,11H2,1H3;1H. The van der Waals surface area contributed by atoms with Crippen molar-refractivity contribution in [3.63, 3.8) is 0 Å². The summed E-state index contributed by atoms with van der Waals surface area (Å²) in [5.41, 5.74) is -0.114. The van der Waals surface area contributed by atoms with E-state index in [1.807, 2.05) is 6.92 Å². The smallest absolute Gasteiger partial charge is 0.333 e. The summed E-state index contributed by atoms with van der Waals surface area (Å²) in [6.07, 6.45) is 0.00470. The van der Waals surface area contributed by atoms with Crippen LogP contribution in [0.4, 0.5) is 13.2 Å². The highest BCUT2D eigenvalue weighted by Gasteiger charge is 2.38. The molecule has 0 radical (unpaired) electrons. The van der Waals surface area contributed by atoms with Gasteiger partial charge in [0.05, 0.1) is 11.6 Å². The number of nitrogens with one attached hydrogen (secondary N) is 1. The van der Waals surface area contributed by atoms with Crippen LogP contribution in [0.1, 0.15) is 56.2 Å². The van der Waals surface area contributed by atoms with E-state index < -0.39 is 11.7 Å². The second kappa shape index (κ2) is 7.96. The van der Waals surface area contributed by atoms with Crippen LogP contribution in [0.3, 0.4) is 0 Å². The van der Waals surface area contributed by atoms with Crippen LogP contribution in [-0.4, -0.2) is 29.4 Å². The first-order valence-electron chi connectivity index (χ1n) is 8.58. The molecule has 1 aromatic rings. The lowest BCUT2D eigenvalue weighted by atomic mass is 10.0. The molecule has 0 aromatic heterocycles. The van der Waals surface area contributed by atoms with Gasteiger partial charge in [-0.25, -0.2) is 0 Å². The van der Waals surface area contributed by atoms with Gasteiger partial charge >= 0.3 is 6.18 Å². The quantitative estimate of drug-likeness (QED) is 0.830. The zero-order valence-corrected chi connectivity index (χ0v) is 15.0. The molecule has 1 aliphatic carbocycles. The molecule has 2 unspecified atom stereocenters. The number of carbonyl (C=O) groups excluding carboxylic acids is 1. The monoisotopic (exact) mass is 376 g/mol. The van der Waals surface area contributed by atoms with Crippen molar-refractivity contribution in [2.24, 2.45) is 0 Å². The van der Waals surface area contributed by atoms with Crippen molar-refractivity contribution >= 4 is 18.3 Å². The Morgan fingerprint density at radius 1 is 1.32 bits per heavy atom. The lowest BCUT2D eigenvalue weighted by Crippen LogP contribution is -2.39. The van der Waals surface area contributed by atoms with E-state index in [2.05, 4.69) is 5.32 Å². The molecule has 7 heteroatoms. The van der Waals surface area contributed by atoms with E-state index in [-0.39, 0.29) is 36.4 Å². The minimum atomic E-state index is -4.36. The largest absolute Gasteiger partial charge is 0.416 e. The van der Waals surface area contributed by atoms with Gasteiger partial charge in [0.25, 0.3) is 0 Å². The highest BCUT2D eigenvalue weighted by atomic mass is 35.5. The molecule has 1 saturated carbocycles. The predicted molar refractivity (Wildman–Crippen MR) is 92.6 cm³/mol. The molecule has 25 heavy (non-hydrogen) atoms. The maximum absolute atomic E-state index is 12.9. The molecule has 2 atom stereocenters. The molecule has 140 valence electrons. The topological polar surface area (TPSA) is 32.3 Å². The van der Waals surface area contributed by atoms with Crippen LogP contribution < -0.4 is 5.32 Å². The molecular weight excluding hydrogens is 353 g/mol. The maximum Gasteiger partial charge on any atom is 0.416 e. The molecular formula is C18H24ClF3N2O. The van der Waals surface area contributed by atoms with E-state index in [1.165, 1.54) is 12.1 Å². The second-order valence-corrected chi connectivity index (χ2v) is 6.83. The number of amides is 1. The zero-order valence-electron chi connectivity index (χ0n) is 14.2. The molecule has 1 heterocycles. The van der Waals surface area contributed by atoms with Crippen molar-refractivity contribution in [3.8, 4) is 0 Å². The highest BCUT2D eigenvalue weighted by molar-refractivity contribution is 5.85. The lowest BCUT2D eigenvalue weighted by molar-refractivity contribution is -0.137. The normalized spacial score (nSPS) is 21.5. The van der Waals surface area contributed by atoms with Gasteiger partial charge in [-0.2, -0.15) is 13.2 Å². The van der Waals surface area contributed by atoms with Gasteiger partial charge in [0.2, 0.25) is 5.91 Å². The van der Waals surface area contributed by atoms with Crippen LogP contribution in [0, 0.1) is 0 Å². The number of hydrogen-bond donors (Lipinski definition) is 1. The number of alkyl halides is 3. The summed E-state index contributed by atoms with van der Waals surface area (Å²) in [5, 5.41) is 3.31. The highest BCUT2D eigenvalue weighted by Crippen LogP contribution is 2.37. The van der Waals surface area contributed by atoms with Crippen molar-refractivity contribution in [1.29, 1.82) is 0 Å². The van der Waals surface area contributed by atoms with Crippen molar-refractivity contribution < 1.29 is 18.0 Å². The molecule has 1 aromatic carbocycles. The van der Waals surface area contributed by atoms with Crippen molar-refractivity contribution in [3.05, 3.63) is 35.4 Å². The van der Waals surface area contributed by atoms with E-state index in [4.69, 9.17) is 0 Å². The summed E-state index contributed by atoms with van der Waals surface area (Å²) in [7, 11) is 0. The predicted octanol–water partition coefficient (Wildman–Crippen LogP) is 4.32. The molecule has 2 fully saturated rings. The zero-order chi connectivity index (χ0) is 17.3. The Hall–Kier alpha value is -1.27. The number of nitrogens with zero attached hydrogens (tertiary/aromatic N) is 1. The Labute approximate surface area is 152 Å². The number of halogens is 4.